The molecular weight excluding hydrogens is 1000 g/mol. The summed E-state index contributed by atoms with van der Waals surface area (Å²) in [6.07, 6.45) is 4.41. The van der Waals surface area contributed by atoms with E-state index in [1.54, 1.807) is 12.1 Å². The standard InChI is InChI=1S/C16H11Cl2F2NO4S2.C15H8BrCl2F2NO2S.CH4O2S.CH4.Na/c1-26(22,23)16-10(17)3-2-9-14(6-21-15(9)16)27(24,25)7-8-4-13(20)11(18)5-12(8)19;16-14-9(17)2-1-8-13(5-21-15(8)14)24(22,23)6-7-3-12(20)10(18)4-11(7)19;1-4(2)3;;/h2-6,21H,7H2,1H3;1-5,21H,6H2;1H3,(H,2,3);1H4;/q;;;;+1/p-1. The SMILES string of the molecule is C.CS(=O)(=O)c1c(Cl)ccc2c(S(=O)(=O)Cc3cc(F)c(Cl)cc3F)c[nH]c12.CS(=O)[O-].O=S(=O)(Cc1cc(F)c(Cl)cc1F)c1c[nH]c2c(Br)c(Cl)ccc12.[Na+]. The third-order valence-corrected chi connectivity index (χ3v) is 14.3. The molecule has 0 aliphatic carbocycles. The van der Waals surface area contributed by atoms with E-state index in [-0.39, 0.29) is 73.2 Å². The van der Waals surface area contributed by atoms with Crippen LogP contribution >= 0.6 is 62.3 Å². The summed E-state index contributed by atoms with van der Waals surface area (Å²) >= 11 is 24.3. The predicted molar refractivity (Wildman–Crippen MR) is 214 cm³/mol. The van der Waals surface area contributed by atoms with E-state index in [1.807, 2.05) is 0 Å². The van der Waals surface area contributed by atoms with Crippen molar-refractivity contribution in [1.29, 1.82) is 0 Å². The van der Waals surface area contributed by atoms with E-state index in [0.717, 1.165) is 30.8 Å². The van der Waals surface area contributed by atoms with Crippen LogP contribution in [-0.2, 0) is 52.1 Å². The number of aromatic amines is 2. The van der Waals surface area contributed by atoms with Gasteiger partial charge in [0.25, 0.3) is 0 Å². The van der Waals surface area contributed by atoms with Crippen molar-refractivity contribution >= 4 is 125 Å². The van der Waals surface area contributed by atoms with Crippen molar-refractivity contribution in [3.63, 3.8) is 0 Å². The summed E-state index contributed by atoms with van der Waals surface area (Å²) in [5, 5.41) is -0.0380. The molecule has 57 heavy (non-hydrogen) atoms. The van der Waals surface area contributed by atoms with Gasteiger partial charge in [-0.1, -0.05) is 64.9 Å². The molecule has 0 radical (unpaired) electrons. The zero-order chi connectivity index (χ0) is 41.4. The number of hydrogen-bond acceptors (Lipinski definition) is 8. The Hall–Kier alpha value is -1.72. The molecule has 2 N–H and O–H groups in total. The normalized spacial score (nSPS) is 12.1. The van der Waals surface area contributed by atoms with E-state index in [4.69, 9.17) is 55.2 Å². The van der Waals surface area contributed by atoms with Crippen LogP contribution in [0.3, 0.4) is 0 Å². The zero-order valence-corrected chi connectivity index (χ0v) is 38.4. The third-order valence-electron chi connectivity index (χ3n) is 7.34. The van der Waals surface area contributed by atoms with Gasteiger partial charge >= 0.3 is 29.6 Å². The molecule has 1 atom stereocenters. The number of benzene rings is 4. The Morgan fingerprint density at radius 3 is 1.44 bits per heavy atom. The van der Waals surface area contributed by atoms with Gasteiger partial charge in [0.2, 0.25) is 0 Å². The summed E-state index contributed by atoms with van der Waals surface area (Å²) in [5.74, 6) is -5.21. The van der Waals surface area contributed by atoms with Crippen molar-refractivity contribution in [3.05, 3.63) is 120 Å². The van der Waals surface area contributed by atoms with Crippen LogP contribution in [0.2, 0.25) is 20.1 Å². The Kier molecular flexibility index (Phi) is 18.2. The molecule has 1 unspecified atom stereocenters. The van der Waals surface area contributed by atoms with E-state index in [0.29, 0.717) is 32.5 Å². The van der Waals surface area contributed by atoms with Crippen molar-refractivity contribution in [2.75, 3.05) is 12.5 Å². The smallest absolute Gasteiger partial charge is 0.773 e. The summed E-state index contributed by atoms with van der Waals surface area (Å²) in [6, 6.07) is 8.64. The molecular formula is C33H26BrCl4F4N2NaO8S4. The summed E-state index contributed by atoms with van der Waals surface area (Å²) in [4.78, 5) is 4.90. The third kappa shape index (κ3) is 12.2. The van der Waals surface area contributed by atoms with E-state index in [2.05, 4.69) is 25.9 Å². The van der Waals surface area contributed by atoms with Crippen molar-refractivity contribution < 1.29 is 81.1 Å². The number of H-pyrrole nitrogens is 2. The minimum Gasteiger partial charge on any atom is -0.773 e. The maximum atomic E-state index is 14.0. The molecule has 2 heterocycles. The molecule has 4 aromatic carbocycles. The van der Waals surface area contributed by atoms with Crippen LogP contribution in [0.4, 0.5) is 17.6 Å². The van der Waals surface area contributed by atoms with Gasteiger partial charge in [-0.15, -0.1) is 0 Å². The van der Waals surface area contributed by atoms with Crippen molar-refractivity contribution in [2.24, 2.45) is 0 Å². The van der Waals surface area contributed by atoms with Crippen LogP contribution in [-0.4, -0.2) is 56.5 Å². The van der Waals surface area contributed by atoms with Crippen LogP contribution in [0.1, 0.15) is 18.6 Å². The second-order valence-corrected chi connectivity index (χ2v) is 20.4. The second kappa shape index (κ2) is 20.2. The average Bonchev–Trinajstić information content (AvgIpc) is 3.70. The number of nitrogens with one attached hydrogen (secondary N) is 2. The Morgan fingerprint density at radius 2 is 1.04 bits per heavy atom. The predicted octanol–water partition coefficient (Wildman–Crippen LogP) is 6.76. The average molecular weight is 1030 g/mol. The molecule has 24 heteroatoms. The molecule has 0 amide bonds. The fourth-order valence-electron chi connectivity index (χ4n) is 5.02. The monoisotopic (exact) mass is 1020 g/mol. The zero-order valence-electron chi connectivity index (χ0n) is 28.5. The van der Waals surface area contributed by atoms with Gasteiger partial charge in [-0.05, 0) is 70.7 Å². The molecule has 10 nitrogen and oxygen atoms in total. The summed E-state index contributed by atoms with van der Waals surface area (Å²) < 4.78 is 148. The largest absolute Gasteiger partial charge is 1.00 e. The molecule has 2 aromatic heterocycles. The summed E-state index contributed by atoms with van der Waals surface area (Å²) in [6.45, 7) is 0. The van der Waals surface area contributed by atoms with Crippen LogP contribution in [0, 0.1) is 23.3 Å². The Morgan fingerprint density at radius 1 is 0.667 bits per heavy atom. The van der Waals surface area contributed by atoms with Crippen LogP contribution in [0.25, 0.3) is 21.8 Å². The van der Waals surface area contributed by atoms with Crippen LogP contribution < -0.4 is 29.6 Å². The molecule has 6 aromatic rings. The number of sulfone groups is 3. The molecule has 0 aliphatic heterocycles. The molecule has 0 aliphatic rings. The quantitative estimate of drug-likeness (QED) is 0.0765. The van der Waals surface area contributed by atoms with Gasteiger partial charge in [0, 0.05) is 40.5 Å². The van der Waals surface area contributed by atoms with Gasteiger partial charge in [0.05, 0.1) is 56.9 Å². The van der Waals surface area contributed by atoms with E-state index < -0.39 is 91.0 Å². The number of hydrogen-bond donors (Lipinski definition) is 2. The first kappa shape index (κ1) is 51.4. The Labute approximate surface area is 378 Å². The first-order valence-corrected chi connectivity index (χ1v) is 23.5. The fourth-order valence-corrected chi connectivity index (χ4v) is 10.5. The molecule has 0 bridgehead atoms. The van der Waals surface area contributed by atoms with E-state index >= 15 is 0 Å². The van der Waals surface area contributed by atoms with Gasteiger partial charge in [-0.3, -0.25) is 4.21 Å². The minimum atomic E-state index is -4.14. The van der Waals surface area contributed by atoms with Crippen molar-refractivity contribution in [1.82, 2.24) is 9.97 Å². The topological polar surface area (TPSA) is 174 Å². The number of halogens is 9. The van der Waals surface area contributed by atoms with Gasteiger partial charge < -0.3 is 14.5 Å². The van der Waals surface area contributed by atoms with Gasteiger partial charge in [0.15, 0.2) is 29.5 Å². The maximum absolute atomic E-state index is 14.0. The fraction of sp³-hybridized carbons (Fsp3) is 0.152. The molecule has 304 valence electrons. The Bertz CT molecular complexity index is 2840. The maximum Gasteiger partial charge on any atom is 1.00 e. The molecule has 0 saturated heterocycles. The van der Waals surface area contributed by atoms with Crippen molar-refractivity contribution in [3.8, 4) is 0 Å². The first-order chi connectivity index (χ1) is 25.3. The van der Waals surface area contributed by atoms with Crippen LogP contribution in [0.5, 0.6) is 0 Å². The molecule has 6 rings (SSSR count). The first-order valence-electron chi connectivity index (χ1n) is 14.5. The molecule has 0 fully saturated rings. The minimum absolute atomic E-state index is 0. The number of aromatic nitrogens is 2. The second-order valence-electron chi connectivity index (χ2n) is 11.3. The summed E-state index contributed by atoms with van der Waals surface area (Å²) in [7, 11) is -11.8. The van der Waals surface area contributed by atoms with Crippen molar-refractivity contribution in [2.45, 2.75) is 33.6 Å². The number of rotatable bonds is 7. The Balaban J connectivity index is 0.000000350. The summed E-state index contributed by atoms with van der Waals surface area (Å²) in [5.41, 5.74) is -0.169. The molecule has 0 spiro atoms. The van der Waals surface area contributed by atoms with Gasteiger partial charge in [0.1, 0.15) is 28.2 Å². The van der Waals surface area contributed by atoms with Gasteiger partial charge in [-0.2, -0.15) is 0 Å². The van der Waals surface area contributed by atoms with E-state index in [9.17, 15) is 42.8 Å². The molecule has 0 saturated carbocycles. The van der Waals surface area contributed by atoms with Gasteiger partial charge in [-0.25, -0.2) is 42.8 Å². The number of fused-ring (bicyclic) bond motifs is 2. The van der Waals surface area contributed by atoms with E-state index in [1.165, 1.54) is 18.3 Å². The van der Waals surface area contributed by atoms with Crippen LogP contribution in [0.15, 0.2) is 80.1 Å².